The fraction of sp³-hybridized carbons (Fsp3) is 0.917. The summed E-state index contributed by atoms with van der Waals surface area (Å²) in [6, 6.07) is 0. The number of hydrogen-bond acceptors (Lipinski definition) is 2. The summed E-state index contributed by atoms with van der Waals surface area (Å²) in [5, 5.41) is 8.93. The number of hydrogen-bond donors (Lipinski definition) is 2. The molecule has 2 aliphatic rings. The topological polar surface area (TPSA) is 63.3 Å². The maximum Gasteiger partial charge on any atom is 0.303 e. The third kappa shape index (κ3) is 1.67. The number of rotatable bonds is 4. The van der Waals surface area contributed by atoms with Crippen molar-refractivity contribution in [3.63, 3.8) is 0 Å². The van der Waals surface area contributed by atoms with Crippen LogP contribution in [0.4, 0.5) is 0 Å². The van der Waals surface area contributed by atoms with E-state index in [9.17, 15) is 4.79 Å². The normalized spacial score (nSPS) is 43.5. The smallest absolute Gasteiger partial charge is 0.303 e. The summed E-state index contributed by atoms with van der Waals surface area (Å²) in [6.45, 7) is 2.79. The molecule has 0 aliphatic heterocycles. The predicted molar refractivity (Wildman–Crippen MR) is 58.4 cm³/mol. The van der Waals surface area contributed by atoms with E-state index >= 15 is 0 Å². The quantitative estimate of drug-likeness (QED) is 0.746. The van der Waals surface area contributed by atoms with Crippen molar-refractivity contribution >= 4 is 5.97 Å². The molecule has 0 radical (unpaired) electrons. The highest BCUT2D eigenvalue weighted by molar-refractivity contribution is 5.68. The first-order valence-electron chi connectivity index (χ1n) is 6.03. The highest BCUT2D eigenvalue weighted by Gasteiger charge is 2.57. The van der Waals surface area contributed by atoms with Gasteiger partial charge in [0.05, 0.1) is 6.42 Å². The molecule has 2 fully saturated rings. The Morgan fingerprint density at radius 2 is 2.27 bits per heavy atom. The minimum Gasteiger partial charge on any atom is -0.481 e. The number of carboxylic acid groups (broad SMARTS) is 1. The molecule has 0 unspecified atom stereocenters. The van der Waals surface area contributed by atoms with Crippen LogP contribution in [0.5, 0.6) is 0 Å². The van der Waals surface area contributed by atoms with Crippen LogP contribution in [0.25, 0.3) is 0 Å². The van der Waals surface area contributed by atoms with Gasteiger partial charge in [-0.1, -0.05) is 13.3 Å². The lowest BCUT2D eigenvalue weighted by molar-refractivity contribution is -0.145. The molecule has 2 aliphatic carbocycles. The van der Waals surface area contributed by atoms with E-state index < -0.39 is 5.97 Å². The monoisotopic (exact) mass is 211 g/mol. The molecule has 0 spiro atoms. The van der Waals surface area contributed by atoms with Crippen LogP contribution in [0.2, 0.25) is 0 Å². The molecule has 0 saturated heterocycles. The molecule has 0 bridgehead atoms. The Bertz CT molecular complexity index is 266. The van der Waals surface area contributed by atoms with Gasteiger partial charge in [-0.25, -0.2) is 0 Å². The van der Waals surface area contributed by atoms with Crippen LogP contribution < -0.4 is 5.73 Å². The van der Waals surface area contributed by atoms with Crippen molar-refractivity contribution in [1.29, 1.82) is 0 Å². The maximum absolute atomic E-state index is 10.9. The Morgan fingerprint density at radius 3 is 2.80 bits per heavy atom. The standard InChI is InChI=1S/C12H21NO2/c1-2-8-3-9-5-12(7-13,6-11(14)15)10(9)4-8/h8-10H,2-7,13H2,1H3,(H,14,15)/t8-,9-,10-,12-/m0/s1. The van der Waals surface area contributed by atoms with Crippen LogP contribution in [0, 0.1) is 23.2 Å². The first-order chi connectivity index (χ1) is 7.11. The summed E-state index contributed by atoms with van der Waals surface area (Å²) >= 11 is 0. The zero-order chi connectivity index (χ0) is 11.1. The molecule has 3 nitrogen and oxygen atoms in total. The van der Waals surface area contributed by atoms with Gasteiger partial charge in [0.2, 0.25) is 0 Å². The van der Waals surface area contributed by atoms with Gasteiger partial charge in [0, 0.05) is 0 Å². The molecule has 4 atom stereocenters. The van der Waals surface area contributed by atoms with Crippen LogP contribution >= 0.6 is 0 Å². The van der Waals surface area contributed by atoms with E-state index in [2.05, 4.69) is 6.92 Å². The Labute approximate surface area is 91.0 Å². The summed E-state index contributed by atoms with van der Waals surface area (Å²) in [4.78, 5) is 10.9. The zero-order valence-corrected chi connectivity index (χ0v) is 9.41. The lowest BCUT2D eigenvalue weighted by Gasteiger charge is -2.51. The van der Waals surface area contributed by atoms with E-state index in [4.69, 9.17) is 10.8 Å². The largest absolute Gasteiger partial charge is 0.481 e. The van der Waals surface area contributed by atoms with E-state index in [1.54, 1.807) is 0 Å². The van der Waals surface area contributed by atoms with Crippen molar-refractivity contribution in [1.82, 2.24) is 0 Å². The zero-order valence-electron chi connectivity index (χ0n) is 9.41. The van der Waals surface area contributed by atoms with Gasteiger partial charge in [0.15, 0.2) is 0 Å². The molecule has 0 aromatic rings. The van der Waals surface area contributed by atoms with Crippen LogP contribution in [0.3, 0.4) is 0 Å². The predicted octanol–water partition coefficient (Wildman–Crippen LogP) is 1.86. The lowest BCUT2D eigenvalue weighted by Crippen LogP contribution is -2.51. The molecule has 3 heteroatoms. The van der Waals surface area contributed by atoms with E-state index in [0.29, 0.717) is 12.5 Å². The van der Waals surface area contributed by atoms with Gasteiger partial charge in [-0.05, 0) is 49.0 Å². The van der Waals surface area contributed by atoms with E-state index in [0.717, 1.165) is 18.3 Å². The summed E-state index contributed by atoms with van der Waals surface area (Å²) < 4.78 is 0. The van der Waals surface area contributed by atoms with Crippen LogP contribution in [-0.4, -0.2) is 17.6 Å². The van der Waals surface area contributed by atoms with Crippen molar-refractivity contribution < 1.29 is 9.90 Å². The number of carboxylic acids is 1. The lowest BCUT2D eigenvalue weighted by atomic mass is 9.53. The highest BCUT2D eigenvalue weighted by Crippen LogP contribution is 2.62. The van der Waals surface area contributed by atoms with Gasteiger partial charge in [-0.2, -0.15) is 0 Å². The molecule has 3 N–H and O–H groups in total. The minimum atomic E-state index is -0.682. The van der Waals surface area contributed by atoms with Gasteiger partial charge >= 0.3 is 5.97 Å². The molecule has 0 aromatic carbocycles. The number of aliphatic carboxylic acids is 1. The molecule has 86 valence electrons. The second-order valence-corrected chi connectivity index (χ2v) is 5.45. The molecule has 0 aromatic heterocycles. The molecule has 0 amide bonds. The Balaban J connectivity index is 2.03. The fourth-order valence-electron chi connectivity index (χ4n) is 3.87. The van der Waals surface area contributed by atoms with Crippen molar-refractivity contribution in [2.45, 2.75) is 39.0 Å². The second kappa shape index (κ2) is 3.78. The molecule has 15 heavy (non-hydrogen) atoms. The van der Waals surface area contributed by atoms with Crippen LogP contribution in [-0.2, 0) is 4.79 Å². The first-order valence-corrected chi connectivity index (χ1v) is 6.03. The average molecular weight is 211 g/mol. The average Bonchev–Trinajstić information content (AvgIpc) is 2.53. The summed E-state index contributed by atoms with van der Waals surface area (Å²) in [7, 11) is 0. The van der Waals surface area contributed by atoms with Crippen LogP contribution in [0.15, 0.2) is 0 Å². The van der Waals surface area contributed by atoms with Gasteiger partial charge in [-0.15, -0.1) is 0 Å². The summed E-state index contributed by atoms with van der Waals surface area (Å²) in [6.07, 6.45) is 5.09. The van der Waals surface area contributed by atoms with E-state index in [1.165, 1.54) is 19.3 Å². The van der Waals surface area contributed by atoms with Gasteiger partial charge in [-0.3, -0.25) is 4.79 Å². The third-order valence-electron chi connectivity index (χ3n) is 4.73. The maximum atomic E-state index is 10.9. The van der Waals surface area contributed by atoms with Crippen molar-refractivity contribution in [3.05, 3.63) is 0 Å². The Kier molecular flexibility index (Phi) is 2.75. The van der Waals surface area contributed by atoms with Crippen molar-refractivity contribution in [2.75, 3.05) is 6.54 Å². The highest BCUT2D eigenvalue weighted by atomic mass is 16.4. The van der Waals surface area contributed by atoms with Crippen LogP contribution in [0.1, 0.15) is 39.0 Å². The van der Waals surface area contributed by atoms with Crippen molar-refractivity contribution in [3.8, 4) is 0 Å². The van der Waals surface area contributed by atoms with E-state index in [-0.39, 0.29) is 11.8 Å². The third-order valence-corrected chi connectivity index (χ3v) is 4.73. The molecule has 2 rings (SSSR count). The Morgan fingerprint density at radius 1 is 1.53 bits per heavy atom. The molecular weight excluding hydrogens is 190 g/mol. The molecular formula is C12H21NO2. The van der Waals surface area contributed by atoms with Gasteiger partial charge in [0.1, 0.15) is 0 Å². The number of carbonyl (C=O) groups is 1. The number of nitrogens with two attached hydrogens (primary N) is 1. The minimum absolute atomic E-state index is 0.0551. The summed E-state index contributed by atoms with van der Waals surface area (Å²) in [5.41, 5.74) is 5.74. The second-order valence-electron chi connectivity index (χ2n) is 5.45. The van der Waals surface area contributed by atoms with Gasteiger partial charge < -0.3 is 10.8 Å². The first kappa shape index (κ1) is 10.9. The van der Waals surface area contributed by atoms with Crippen molar-refractivity contribution in [2.24, 2.45) is 28.9 Å². The number of fused-ring (bicyclic) bond motifs is 1. The fourth-order valence-corrected chi connectivity index (χ4v) is 3.87. The summed E-state index contributed by atoms with van der Waals surface area (Å²) in [5.74, 6) is 1.52. The van der Waals surface area contributed by atoms with Gasteiger partial charge in [0.25, 0.3) is 0 Å². The SMILES string of the molecule is CC[C@H]1C[C@H]2C[C@@](CN)(CC(=O)O)[C@H]2C1. The molecule has 2 saturated carbocycles. The molecule has 0 heterocycles. The Hall–Kier alpha value is -0.570. The van der Waals surface area contributed by atoms with E-state index in [1.807, 2.05) is 0 Å².